The average Bonchev–Trinajstić information content (AvgIpc) is 2.75. The Labute approximate surface area is 181 Å². The van der Waals surface area contributed by atoms with Gasteiger partial charge in [-0.15, -0.1) is 0 Å². The predicted molar refractivity (Wildman–Crippen MR) is 115 cm³/mol. The number of carbonyl (C=O) groups excluding carboxylic acids is 1. The minimum Gasteiger partial charge on any atom is -0.460 e. The summed E-state index contributed by atoms with van der Waals surface area (Å²) in [7, 11) is 0. The van der Waals surface area contributed by atoms with Crippen molar-refractivity contribution in [2.24, 2.45) is 0 Å². The van der Waals surface area contributed by atoms with E-state index in [9.17, 15) is 18.0 Å². The van der Waals surface area contributed by atoms with Crippen LogP contribution in [0.2, 0.25) is 0 Å². The summed E-state index contributed by atoms with van der Waals surface area (Å²) < 4.78 is 43.8. The standard InChI is InChI=1S/C23H30F3N3O2/c1-3-5-7-8-9-14-27-20-19(17-10-12-18(13-11-17)23(24,25)26)16-28-21(29-20)22(30)31-15-6-4-2/h10-13,16H,3-9,14-15H2,1-2H3,(H,27,28,29). The molecule has 0 aliphatic carbocycles. The van der Waals surface area contributed by atoms with E-state index in [0.717, 1.165) is 50.7 Å². The van der Waals surface area contributed by atoms with Gasteiger partial charge >= 0.3 is 12.1 Å². The number of aromatic nitrogens is 2. The zero-order chi connectivity index (χ0) is 22.7. The van der Waals surface area contributed by atoms with Crippen LogP contribution in [0.15, 0.2) is 30.5 Å². The van der Waals surface area contributed by atoms with Gasteiger partial charge in [-0.05, 0) is 30.5 Å². The number of esters is 1. The van der Waals surface area contributed by atoms with Gasteiger partial charge in [-0.25, -0.2) is 14.8 Å². The van der Waals surface area contributed by atoms with Crippen molar-refractivity contribution in [1.29, 1.82) is 0 Å². The first kappa shape index (κ1) is 24.6. The second-order valence-electron chi connectivity index (χ2n) is 7.36. The number of hydrogen-bond donors (Lipinski definition) is 1. The maximum Gasteiger partial charge on any atom is 0.416 e. The van der Waals surface area contributed by atoms with E-state index in [1.165, 1.54) is 24.8 Å². The van der Waals surface area contributed by atoms with Gasteiger partial charge in [0.1, 0.15) is 5.82 Å². The number of nitrogens with one attached hydrogen (secondary N) is 1. The highest BCUT2D eigenvalue weighted by molar-refractivity contribution is 5.87. The molecule has 2 rings (SSSR count). The maximum absolute atomic E-state index is 12.9. The summed E-state index contributed by atoms with van der Waals surface area (Å²) >= 11 is 0. The van der Waals surface area contributed by atoms with Crippen molar-refractivity contribution in [3.63, 3.8) is 0 Å². The molecule has 1 heterocycles. The molecule has 0 saturated heterocycles. The molecule has 0 spiro atoms. The summed E-state index contributed by atoms with van der Waals surface area (Å²) in [6, 6.07) is 4.81. The molecule has 0 aliphatic heterocycles. The van der Waals surface area contributed by atoms with Crippen molar-refractivity contribution >= 4 is 11.8 Å². The van der Waals surface area contributed by atoms with Gasteiger partial charge in [0, 0.05) is 18.3 Å². The van der Waals surface area contributed by atoms with E-state index in [1.54, 1.807) is 0 Å². The zero-order valence-electron chi connectivity index (χ0n) is 18.1. The molecule has 0 unspecified atom stereocenters. The minimum atomic E-state index is -4.40. The normalized spacial score (nSPS) is 11.4. The molecule has 0 bridgehead atoms. The zero-order valence-corrected chi connectivity index (χ0v) is 18.1. The topological polar surface area (TPSA) is 64.1 Å². The van der Waals surface area contributed by atoms with Crippen molar-refractivity contribution in [3.05, 3.63) is 41.9 Å². The van der Waals surface area contributed by atoms with E-state index in [1.807, 2.05) is 6.92 Å². The van der Waals surface area contributed by atoms with Crippen LogP contribution >= 0.6 is 0 Å². The molecule has 0 fully saturated rings. The Kier molecular flexibility index (Phi) is 9.75. The lowest BCUT2D eigenvalue weighted by molar-refractivity contribution is -0.137. The van der Waals surface area contributed by atoms with Gasteiger partial charge < -0.3 is 10.1 Å². The molecular weight excluding hydrogens is 407 g/mol. The average molecular weight is 438 g/mol. The quantitative estimate of drug-likeness (QED) is 0.303. The summed E-state index contributed by atoms with van der Waals surface area (Å²) in [5.74, 6) is -0.272. The van der Waals surface area contributed by atoms with Gasteiger partial charge in [0.2, 0.25) is 5.82 Å². The highest BCUT2D eigenvalue weighted by Gasteiger charge is 2.30. The fourth-order valence-corrected chi connectivity index (χ4v) is 2.97. The number of carbonyl (C=O) groups is 1. The van der Waals surface area contributed by atoms with Crippen LogP contribution in [0.25, 0.3) is 11.1 Å². The smallest absolute Gasteiger partial charge is 0.416 e. The number of benzene rings is 1. The summed E-state index contributed by atoms with van der Waals surface area (Å²) in [5.41, 5.74) is 0.346. The summed E-state index contributed by atoms with van der Waals surface area (Å²) in [4.78, 5) is 20.6. The summed E-state index contributed by atoms with van der Waals surface area (Å²) in [5, 5.41) is 3.21. The van der Waals surface area contributed by atoms with E-state index in [4.69, 9.17) is 4.74 Å². The molecule has 0 saturated carbocycles. The second-order valence-corrected chi connectivity index (χ2v) is 7.36. The van der Waals surface area contributed by atoms with Crippen LogP contribution in [-0.4, -0.2) is 29.1 Å². The van der Waals surface area contributed by atoms with Crippen molar-refractivity contribution in [3.8, 4) is 11.1 Å². The van der Waals surface area contributed by atoms with Crippen LogP contribution in [0.1, 0.15) is 75.0 Å². The highest BCUT2D eigenvalue weighted by atomic mass is 19.4. The van der Waals surface area contributed by atoms with Gasteiger partial charge in [-0.3, -0.25) is 0 Å². The Morgan fingerprint density at radius 3 is 2.32 bits per heavy atom. The summed E-state index contributed by atoms with van der Waals surface area (Å²) in [6.07, 6.45) is 4.15. The molecule has 31 heavy (non-hydrogen) atoms. The molecule has 8 heteroatoms. The van der Waals surface area contributed by atoms with Crippen molar-refractivity contribution in [1.82, 2.24) is 9.97 Å². The van der Waals surface area contributed by atoms with E-state index in [0.29, 0.717) is 30.1 Å². The third-order valence-electron chi connectivity index (χ3n) is 4.80. The van der Waals surface area contributed by atoms with Gasteiger partial charge in [0.15, 0.2) is 0 Å². The second kappa shape index (κ2) is 12.3. The molecule has 0 atom stereocenters. The van der Waals surface area contributed by atoms with Crippen LogP contribution in [-0.2, 0) is 10.9 Å². The largest absolute Gasteiger partial charge is 0.460 e. The molecule has 1 aromatic carbocycles. The van der Waals surface area contributed by atoms with Crippen LogP contribution in [0.4, 0.5) is 19.0 Å². The van der Waals surface area contributed by atoms with Gasteiger partial charge in [0.25, 0.3) is 0 Å². The molecule has 170 valence electrons. The number of unbranched alkanes of at least 4 members (excludes halogenated alkanes) is 5. The van der Waals surface area contributed by atoms with Crippen molar-refractivity contribution < 1.29 is 22.7 Å². The van der Waals surface area contributed by atoms with E-state index >= 15 is 0 Å². The first-order valence-corrected chi connectivity index (χ1v) is 10.8. The Balaban J connectivity index is 2.21. The van der Waals surface area contributed by atoms with Gasteiger partial charge in [0.05, 0.1) is 12.2 Å². The predicted octanol–water partition coefficient (Wildman–Crippen LogP) is 6.50. The Morgan fingerprint density at radius 1 is 1.00 bits per heavy atom. The number of alkyl halides is 3. The van der Waals surface area contributed by atoms with E-state index in [2.05, 4.69) is 22.2 Å². The molecule has 0 radical (unpaired) electrons. The van der Waals surface area contributed by atoms with Crippen LogP contribution in [0, 0.1) is 0 Å². The Bertz CT molecular complexity index is 824. The molecule has 0 amide bonds. The molecule has 1 aromatic heterocycles. The first-order chi connectivity index (χ1) is 14.9. The SMILES string of the molecule is CCCCCCCNc1nc(C(=O)OCCCC)ncc1-c1ccc(C(F)(F)F)cc1. The number of halogens is 3. The molecule has 5 nitrogen and oxygen atoms in total. The lowest BCUT2D eigenvalue weighted by atomic mass is 10.1. The van der Waals surface area contributed by atoms with Crippen molar-refractivity contribution in [2.75, 3.05) is 18.5 Å². The number of anilines is 1. The fourth-order valence-electron chi connectivity index (χ4n) is 2.97. The van der Waals surface area contributed by atoms with Gasteiger partial charge in [-0.2, -0.15) is 13.2 Å². The molecular formula is C23H30F3N3O2. The molecule has 1 N–H and O–H groups in total. The minimum absolute atomic E-state index is 0.0692. The van der Waals surface area contributed by atoms with Crippen molar-refractivity contribution in [2.45, 2.75) is 65.0 Å². The van der Waals surface area contributed by atoms with E-state index in [-0.39, 0.29) is 5.82 Å². The van der Waals surface area contributed by atoms with Crippen LogP contribution in [0.3, 0.4) is 0 Å². The number of rotatable bonds is 12. The van der Waals surface area contributed by atoms with Gasteiger partial charge in [-0.1, -0.05) is 58.1 Å². The van der Waals surface area contributed by atoms with Crippen LogP contribution < -0.4 is 5.32 Å². The van der Waals surface area contributed by atoms with E-state index < -0.39 is 17.7 Å². The number of hydrogen-bond acceptors (Lipinski definition) is 5. The van der Waals surface area contributed by atoms with Crippen LogP contribution in [0.5, 0.6) is 0 Å². The highest BCUT2D eigenvalue weighted by Crippen LogP contribution is 2.32. The lowest BCUT2D eigenvalue weighted by Crippen LogP contribution is -2.14. The fraction of sp³-hybridized carbons (Fsp3) is 0.522. The molecule has 0 aliphatic rings. The lowest BCUT2D eigenvalue weighted by Gasteiger charge is -2.13. The maximum atomic E-state index is 12.9. The Morgan fingerprint density at radius 2 is 1.68 bits per heavy atom. The first-order valence-electron chi connectivity index (χ1n) is 10.8. The summed E-state index contributed by atoms with van der Waals surface area (Å²) in [6.45, 7) is 5.07. The third-order valence-corrected chi connectivity index (χ3v) is 4.80. The number of ether oxygens (including phenoxy) is 1. The number of nitrogens with zero attached hydrogens (tertiary/aromatic N) is 2. The third kappa shape index (κ3) is 7.84. The Hall–Kier alpha value is -2.64. The molecule has 2 aromatic rings. The monoisotopic (exact) mass is 437 g/mol.